The Kier molecular flexibility index (Phi) is 9.19. The van der Waals surface area contributed by atoms with E-state index in [1.54, 1.807) is 30.2 Å². The molecule has 1 amide bonds. The van der Waals surface area contributed by atoms with Gasteiger partial charge in [0.15, 0.2) is 5.13 Å². The maximum atomic E-state index is 13.4. The van der Waals surface area contributed by atoms with Gasteiger partial charge in [-0.1, -0.05) is 48.4 Å². The lowest BCUT2D eigenvalue weighted by Gasteiger charge is -2.25. The molecule has 162 valence electrons. The Morgan fingerprint density at radius 2 is 1.83 bits per heavy atom. The van der Waals surface area contributed by atoms with E-state index in [9.17, 15) is 4.79 Å². The van der Waals surface area contributed by atoms with Gasteiger partial charge in [0.25, 0.3) is 5.91 Å². The number of rotatable bonds is 8. The lowest BCUT2D eigenvalue weighted by molar-refractivity contribution is 0.0984. The van der Waals surface area contributed by atoms with E-state index in [0.717, 1.165) is 35.6 Å². The van der Waals surface area contributed by atoms with E-state index in [2.05, 4.69) is 18.7 Å². The summed E-state index contributed by atoms with van der Waals surface area (Å²) in [6.45, 7) is 7.26. The molecule has 5 nitrogen and oxygen atoms in total. The molecule has 0 saturated carbocycles. The smallest absolute Gasteiger partial charge is 0.261 e. The van der Waals surface area contributed by atoms with Crippen LogP contribution in [-0.4, -0.2) is 49.1 Å². The summed E-state index contributed by atoms with van der Waals surface area (Å²) in [6, 6.07) is 10.6. The molecule has 3 aromatic rings. The monoisotopic (exact) mass is 487 g/mol. The molecule has 0 aliphatic heterocycles. The van der Waals surface area contributed by atoms with Crippen molar-refractivity contribution in [3.8, 4) is 5.75 Å². The van der Waals surface area contributed by atoms with Crippen LogP contribution in [-0.2, 0) is 0 Å². The molecule has 0 unspecified atom stereocenters. The summed E-state index contributed by atoms with van der Waals surface area (Å²) in [5.41, 5.74) is 1.19. The summed E-state index contributed by atoms with van der Waals surface area (Å²) in [5, 5.41) is 1.46. The van der Waals surface area contributed by atoms with Crippen LogP contribution in [0.25, 0.3) is 10.2 Å². The Morgan fingerprint density at radius 1 is 1.10 bits per heavy atom. The second-order valence-corrected chi connectivity index (χ2v) is 8.29. The number of amides is 1. The van der Waals surface area contributed by atoms with Crippen LogP contribution in [0.3, 0.4) is 0 Å². The molecule has 9 heteroatoms. The van der Waals surface area contributed by atoms with Crippen molar-refractivity contribution in [1.82, 2.24) is 9.88 Å². The van der Waals surface area contributed by atoms with Crippen LogP contribution >= 0.6 is 46.9 Å². The molecule has 2 aromatic carbocycles. The van der Waals surface area contributed by atoms with Crippen LogP contribution in [0.4, 0.5) is 5.13 Å². The van der Waals surface area contributed by atoms with Crippen molar-refractivity contribution in [2.45, 2.75) is 13.8 Å². The number of thiazole rings is 1. The van der Waals surface area contributed by atoms with E-state index < -0.39 is 0 Å². The fourth-order valence-corrected chi connectivity index (χ4v) is 4.40. The number of hydrogen-bond acceptors (Lipinski definition) is 5. The van der Waals surface area contributed by atoms with Crippen molar-refractivity contribution < 1.29 is 9.53 Å². The fraction of sp³-hybridized carbons (Fsp3) is 0.333. The van der Waals surface area contributed by atoms with Crippen molar-refractivity contribution in [3.05, 3.63) is 52.0 Å². The predicted molar refractivity (Wildman–Crippen MR) is 129 cm³/mol. The minimum atomic E-state index is -0.212. The first-order chi connectivity index (χ1) is 14.0. The number of aromatic nitrogens is 1. The topological polar surface area (TPSA) is 45.7 Å². The summed E-state index contributed by atoms with van der Waals surface area (Å²) >= 11 is 13.9. The van der Waals surface area contributed by atoms with Gasteiger partial charge in [0, 0.05) is 18.1 Å². The van der Waals surface area contributed by atoms with Gasteiger partial charge >= 0.3 is 0 Å². The molecule has 0 spiro atoms. The summed E-state index contributed by atoms with van der Waals surface area (Å²) in [4.78, 5) is 22.1. The summed E-state index contributed by atoms with van der Waals surface area (Å²) in [6.07, 6.45) is 0. The molecule has 1 heterocycles. The van der Waals surface area contributed by atoms with E-state index in [1.165, 1.54) is 11.3 Å². The molecular weight excluding hydrogens is 465 g/mol. The van der Waals surface area contributed by atoms with Crippen LogP contribution in [0.15, 0.2) is 36.4 Å². The lowest BCUT2D eigenvalue weighted by Crippen LogP contribution is -2.39. The highest BCUT2D eigenvalue weighted by atomic mass is 35.5. The lowest BCUT2D eigenvalue weighted by atomic mass is 10.2. The van der Waals surface area contributed by atoms with Gasteiger partial charge < -0.3 is 9.64 Å². The van der Waals surface area contributed by atoms with E-state index in [0.29, 0.717) is 27.3 Å². The normalized spacial score (nSPS) is 10.9. The zero-order valence-electron chi connectivity index (χ0n) is 17.0. The standard InChI is InChI=1S/C21H23Cl2N3O2S.ClH/c1-4-25(5-2)10-11-26(20(27)16-12-14(22)6-8-17(16)23)21-24-18-9-7-15(28-3)13-19(18)29-21;/h6-9,12-13H,4-5,10-11H2,1-3H3;1H. The second-order valence-electron chi connectivity index (χ2n) is 6.44. The van der Waals surface area contributed by atoms with Gasteiger partial charge in [-0.15, -0.1) is 12.4 Å². The first-order valence-corrected chi connectivity index (χ1v) is 11.0. The number of nitrogens with zero attached hydrogens (tertiary/aromatic N) is 3. The minimum Gasteiger partial charge on any atom is -0.497 e. The van der Waals surface area contributed by atoms with Gasteiger partial charge in [-0.3, -0.25) is 9.69 Å². The third kappa shape index (κ3) is 5.56. The highest BCUT2D eigenvalue weighted by Crippen LogP contribution is 2.33. The van der Waals surface area contributed by atoms with Crippen LogP contribution in [0.1, 0.15) is 24.2 Å². The van der Waals surface area contributed by atoms with Crippen molar-refractivity contribution in [2.24, 2.45) is 0 Å². The fourth-order valence-electron chi connectivity index (χ4n) is 3.01. The van der Waals surface area contributed by atoms with Gasteiger partial charge in [0.2, 0.25) is 0 Å². The van der Waals surface area contributed by atoms with E-state index in [1.807, 2.05) is 18.2 Å². The first-order valence-electron chi connectivity index (χ1n) is 9.40. The SMILES string of the molecule is CCN(CC)CCN(C(=O)c1cc(Cl)ccc1Cl)c1nc2ccc(OC)cc2s1.Cl. The van der Waals surface area contributed by atoms with Crippen molar-refractivity contribution in [2.75, 3.05) is 38.2 Å². The minimum absolute atomic E-state index is 0. The first kappa shape index (κ1) is 24.7. The average molecular weight is 489 g/mol. The summed E-state index contributed by atoms with van der Waals surface area (Å²) in [5.74, 6) is 0.544. The Hall–Kier alpha value is -1.57. The third-order valence-electron chi connectivity index (χ3n) is 4.75. The highest BCUT2D eigenvalue weighted by molar-refractivity contribution is 7.22. The van der Waals surface area contributed by atoms with E-state index in [-0.39, 0.29) is 18.3 Å². The molecule has 0 saturated heterocycles. The molecule has 0 radical (unpaired) electrons. The third-order valence-corrected chi connectivity index (χ3v) is 6.36. The van der Waals surface area contributed by atoms with Crippen LogP contribution in [0.2, 0.25) is 10.0 Å². The molecule has 0 bridgehead atoms. The number of anilines is 1. The Morgan fingerprint density at radius 3 is 2.50 bits per heavy atom. The molecule has 30 heavy (non-hydrogen) atoms. The number of benzene rings is 2. The predicted octanol–water partition coefficient (Wildman–Crippen LogP) is 6.02. The number of ether oxygens (including phenoxy) is 1. The van der Waals surface area contributed by atoms with Crippen molar-refractivity contribution >= 4 is 68.2 Å². The summed E-state index contributed by atoms with van der Waals surface area (Å²) < 4.78 is 6.26. The number of halogens is 3. The molecule has 0 fully saturated rings. The number of carbonyl (C=O) groups is 1. The second kappa shape index (κ2) is 11.2. The maximum absolute atomic E-state index is 13.4. The number of carbonyl (C=O) groups excluding carboxylic acids is 1. The van der Waals surface area contributed by atoms with Crippen LogP contribution in [0.5, 0.6) is 5.75 Å². The maximum Gasteiger partial charge on any atom is 0.261 e. The molecule has 0 aliphatic rings. The van der Waals surface area contributed by atoms with E-state index >= 15 is 0 Å². The number of methoxy groups -OCH3 is 1. The molecule has 0 aliphatic carbocycles. The number of likely N-dealkylation sites (N-methyl/N-ethyl adjacent to an activating group) is 1. The number of fused-ring (bicyclic) bond motifs is 1. The molecule has 0 atom stereocenters. The largest absolute Gasteiger partial charge is 0.497 e. The molecule has 1 aromatic heterocycles. The Labute approximate surface area is 197 Å². The van der Waals surface area contributed by atoms with Crippen LogP contribution in [0, 0.1) is 0 Å². The zero-order chi connectivity index (χ0) is 21.0. The van der Waals surface area contributed by atoms with Gasteiger partial charge in [-0.05, 0) is 49.5 Å². The highest BCUT2D eigenvalue weighted by Gasteiger charge is 2.24. The molecule has 3 rings (SSSR count). The quantitative estimate of drug-likeness (QED) is 0.389. The van der Waals surface area contributed by atoms with Gasteiger partial charge in [0.1, 0.15) is 5.75 Å². The average Bonchev–Trinajstić information content (AvgIpc) is 3.15. The summed E-state index contributed by atoms with van der Waals surface area (Å²) in [7, 11) is 1.63. The zero-order valence-corrected chi connectivity index (χ0v) is 20.2. The van der Waals surface area contributed by atoms with Gasteiger partial charge in [-0.25, -0.2) is 4.98 Å². The van der Waals surface area contributed by atoms with Gasteiger partial charge in [-0.2, -0.15) is 0 Å². The Balaban J connectivity index is 0.00000320. The molecule has 0 N–H and O–H groups in total. The van der Waals surface area contributed by atoms with Crippen molar-refractivity contribution in [1.29, 1.82) is 0 Å². The molecular formula is C21H24Cl3N3O2S. The number of hydrogen-bond donors (Lipinski definition) is 0. The van der Waals surface area contributed by atoms with Gasteiger partial charge in [0.05, 0.1) is 27.9 Å². The van der Waals surface area contributed by atoms with Crippen molar-refractivity contribution in [3.63, 3.8) is 0 Å². The Bertz CT molecular complexity index is 1010. The van der Waals surface area contributed by atoms with E-state index in [4.69, 9.17) is 32.9 Å². The van der Waals surface area contributed by atoms with Crippen LogP contribution < -0.4 is 9.64 Å².